The zero-order valence-corrected chi connectivity index (χ0v) is 26.3. The molecule has 0 radical (unpaired) electrons. The Kier molecular flexibility index (Phi) is 10.6. The lowest BCUT2D eigenvalue weighted by Crippen LogP contribution is -3.00. The average molecular weight is 727 g/mol. The van der Waals surface area contributed by atoms with Crippen molar-refractivity contribution in [3.63, 3.8) is 0 Å². The van der Waals surface area contributed by atoms with Crippen molar-refractivity contribution in [3.8, 4) is 0 Å². The number of thiazole rings is 1. The van der Waals surface area contributed by atoms with E-state index < -0.39 is 36.8 Å². The normalized spacial score (nSPS) is 19.2. The van der Waals surface area contributed by atoms with E-state index in [1.165, 1.54) is 48.0 Å². The number of nitrogen functional groups attached to an aromatic ring is 1. The highest BCUT2D eigenvalue weighted by Crippen LogP contribution is 2.50. The average Bonchev–Trinajstić information content (AvgIpc) is 3.34. The van der Waals surface area contributed by atoms with Crippen LogP contribution < -0.4 is 39.6 Å². The van der Waals surface area contributed by atoms with Crippen molar-refractivity contribution in [3.05, 3.63) is 46.6 Å². The van der Waals surface area contributed by atoms with Gasteiger partial charge in [-0.15, -0.1) is 23.1 Å². The molecule has 0 aliphatic carbocycles. The number of aliphatic carboxylic acids is 1. The number of aryl methyl sites for hydroxylation is 1. The summed E-state index contributed by atoms with van der Waals surface area (Å²) in [5.74, 6) is -0.866. The minimum Gasteiger partial charge on any atom is -1.00 e. The fourth-order valence-electron chi connectivity index (χ4n) is 3.72. The molecule has 2 aliphatic rings. The summed E-state index contributed by atoms with van der Waals surface area (Å²) in [6.45, 7) is 0. The Labute approximate surface area is 253 Å². The number of hydrogen-bond donors (Lipinski definition) is 3. The topological polar surface area (TPSA) is 178 Å². The lowest BCUT2D eigenvalue weighted by Gasteiger charge is -2.49. The number of aromatic nitrogens is 3. The number of halogens is 1. The molecule has 18 heteroatoms. The molecule has 2 atom stereocenters. The zero-order valence-electron chi connectivity index (χ0n) is 20.8. The first-order valence-electron chi connectivity index (χ1n) is 10.9. The van der Waals surface area contributed by atoms with Gasteiger partial charge >= 0.3 is 18.7 Å². The number of anilines is 1. The maximum Gasteiger partial charge on any atom is 0.359 e. The summed E-state index contributed by atoms with van der Waals surface area (Å²) >= 11 is 3.78. The van der Waals surface area contributed by atoms with Crippen LogP contribution in [0.15, 0.2) is 46.1 Å². The zero-order chi connectivity index (χ0) is 27.6. The van der Waals surface area contributed by atoms with Gasteiger partial charge in [-0.1, -0.05) is 0 Å². The third-order valence-electron chi connectivity index (χ3n) is 5.63. The van der Waals surface area contributed by atoms with Crippen LogP contribution in [0, 0.1) is 0 Å². The van der Waals surface area contributed by atoms with E-state index >= 15 is 0 Å². The van der Waals surface area contributed by atoms with Gasteiger partial charge < -0.3 is 49.2 Å². The molecular formula is C21H24IN6O7PS3. The second kappa shape index (κ2) is 13.1. The number of fused-ring (bicyclic) bond motifs is 1. The molecule has 1 saturated heterocycles. The van der Waals surface area contributed by atoms with Crippen LogP contribution in [0.4, 0.5) is 5.13 Å². The molecule has 2 aromatic heterocycles. The van der Waals surface area contributed by atoms with Gasteiger partial charge in [-0.05, 0) is 22.3 Å². The number of amides is 2. The van der Waals surface area contributed by atoms with E-state index in [0.29, 0.717) is 22.2 Å². The fraction of sp³-hybridized carbons (Fsp3) is 0.333. The Balaban J connectivity index is 0.00000420. The number of nitrogens with two attached hydrogens (primary N) is 1. The van der Waals surface area contributed by atoms with Gasteiger partial charge in [0, 0.05) is 43.0 Å². The summed E-state index contributed by atoms with van der Waals surface area (Å²) in [4.78, 5) is 48.1. The highest BCUT2D eigenvalue weighted by molar-refractivity contribution is 8.01. The third kappa shape index (κ3) is 6.66. The molecular weight excluding hydrogens is 702 g/mol. The molecule has 4 rings (SSSR count). The Hall–Kier alpha value is -2.02. The molecule has 2 aliphatic heterocycles. The van der Waals surface area contributed by atoms with Crippen molar-refractivity contribution in [2.24, 2.45) is 7.05 Å². The molecule has 4 heterocycles. The number of nitrogens with one attached hydrogen (secondary N) is 1. The largest absolute Gasteiger partial charge is 1.00 e. The summed E-state index contributed by atoms with van der Waals surface area (Å²) in [5.41, 5.74) is 6.17. The Morgan fingerprint density at radius 1 is 1.41 bits per heavy atom. The monoisotopic (exact) mass is 726 g/mol. The van der Waals surface area contributed by atoms with E-state index in [-0.39, 0.29) is 46.1 Å². The van der Waals surface area contributed by atoms with Gasteiger partial charge in [-0.3, -0.25) is 19.1 Å². The van der Waals surface area contributed by atoms with E-state index in [9.17, 15) is 24.1 Å². The SMILES string of the molecule is COP(=O)(/C=C(\C(=O)N[C@@H]1C(=O)N2C(C(=O)O)=C(CSc3nccc[n+]3C)CS[C@H]12)c1csc(N)n1)OC.[I-]. The number of hydrogen-bond acceptors (Lipinski definition) is 12. The number of carboxylic acids is 1. The van der Waals surface area contributed by atoms with Gasteiger partial charge in [-0.25, -0.2) is 14.3 Å². The Morgan fingerprint density at radius 3 is 2.72 bits per heavy atom. The minimum atomic E-state index is -3.79. The predicted molar refractivity (Wildman–Crippen MR) is 142 cm³/mol. The predicted octanol–water partition coefficient (Wildman–Crippen LogP) is -1.69. The fourth-order valence-corrected chi connectivity index (χ4v) is 7.63. The first kappa shape index (κ1) is 31.5. The molecule has 13 nitrogen and oxygen atoms in total. The van der Waals surface area contributed by atoms with Crippen molar-refractivity contribution >= 4 is 70.9 Å². The lowest BCUT2D eigenvalue weighted by molar-refractivity contribution is -0.713. The highest BCUT2D eigenvalue weighted by atomic mass is 127. The maximum atomic E-state index is 13.2. The van der Waals surface area contributed by atoms with Gasteiger partial charge in [0.05, 0.1) is 24.5 Å². The first-order valence-corrected chi connectivity index (χ1v) is 15.4. The molecule has 2 amide bonds. The number of carboxylic acid groups (broad SMARTS) is 1. The first-order chi connectivity index (χ1) is 18.1. The van der Waals surface area contributed by atoms with Gasteiger partial charge in [0.2, 0.25) is 0 Å². The van der Waals surface area contributed by atoms with Crippen LogP contribution in [0.2, 0.25) is 0 Å². The smallest absolute Gasteiger partial charge is 0.359 e. The molecule has 0 aromatic carbocycles. The Morgan fingerprint density at radius 2 is 2.13 bits per heavy atom. The second-order valence-corrected chi connectivity index (χ2v) is 12.9. The number of thioether (sulfide) groups is 2. The highest BCUT2D eigenvalue weighted by Gasteiger charge is 2.54. The summed E-state index contributed by atoms with van der Waals surface area (Å²) in [5, 5.41) is 14.3. The van der Waals surface area contributed by atoms with Crippen LogP contribution >= 0.6 is 42.5 Å². The van der Waals surface area contributed by atoms with Gasteiger partial charge in [-0.2, -0.15) is 0 Å². The number of carbonyl (C=O) groups excluding carboxylic acids is 2. The van der Waals surface area contributed by atoms with E-state index in [1.807, 2.05) is 17.8 Å². The summed E-state index contributed by atoms with van der Waals surface area (Å²) in [6, 6.07) is 0.779. The van der Waals surface area contributed by atoms with Gasteiger partial charge in [0.1, 0.15) is 23.3 Å². The van der Waals surface area contributed by atoms with Crippen LogP contribution in [0.1, 0.15) is 5.69 Å². The molecule has 0 unspecified atom stereocenters. The minimum absolute atomic E-state index is 0. The van der Waals surface area contributed by atoms with Crippen molar-refractivity contribution in [1.82, 2.24) is 20.2 Å². The van der Waals surface area contributed by atoms with Crippen LogP contribution in [0.3, 0.4) is 0 Å². The summed E-state index contributed by atoms with van der Waals surface area (Å²) in [7, 11) is 0.382. The second-order valence-electron chi connectivity index (χ2n) is 7.94. The van der Waals surface area contributed by atoms with Crippen LogP contribution in [-0.4, -0.2) is 74.9 Å². The van der Waals surface area contributed by atoms with Crippen LogP contribution in [-0.2, 0) is 35.0 Å². The van der Waals surface area contributed by atoms with Gasteiger partial charge in [0.15, 0.2) is 5.13 Å². The molecule has 0 bridgehead atoms. The van der Waals surface area contributed by atoms with Crippen molar-refractivity contribution in [2.45, 2.75) is 16.6 Å². The molecule has 1 fully saturated rings. The molecule has 210 valence electrons. The van der Waals surface area contributed by atoms with Crippen LogP contribution in [0.5, 0.6) is 0 Å². The van der Waals surface area contributed by atoms with Crippen molar-refractivity contribution in [2.75, 3.05) is 31.5 Å². The van der Waals surface area contributed by atoms with E-state index in [2.05, 4.69) is 15.3 Å². The number of nitrogens with zero attached hydrogens (tertiary/aromatic N) is 4. The van der Waals surface area contributed by atoms with E-state index in [4.69, 9.17) is 14.8 Å². The Bertz CT molecular complexity index is 1400. The maximum absolute atomic E-state index is 13.2. The molecule has 4 N–H and O–H groups in total. The molecule has 0 spiro atoms. The molecule has 2 aromatic rings. The van der Waals surface area contributed by atoms with E-state index in [1.54, 1.807) is 12.3 Å². The number of rotatable bonds is 10. The number of β-lactam (4-membered cyclic amide) rings is 1. The summed E-state index contributed by atoms with van der Waals surface area (Å²) in [6.07, 6.45) is 3.48. The number of carbonyl (C=O) groups is 3. The quantitative estimate of drug-likeness (QED) is 0.0482. The lowest BCUT2D eigenvalue weighted by atomic mass is 10.0. The third-order valence-corrected chi connectivity index (χ3v) is 10.4. The molecule has 0 saturated carbocycles. The molecule has 39 heavy (non-hydrogen) atoms. The van der Waals surface area contributed by atoms with Crippen molar-refractivity contribution in [1.29, 1.82) is 0 Å². The summed E-state index contributed by atoms with van der Waals surface area (Å²) < 4.78 is 24.4. The van der Waals surface area contributed by atoms with E-state index in [0.717, 1.165) is 17.2 Å². The standard InChI is InChI=1S/C21H23N6O7PS3.HI/c1-26-6-4-5-23-21(26)38-9-11-8-36-18-14(17(29)27(18)15(11)19(30)31)25-16(28)12(7-35(32,33-2)34-3)13-10-37-20(22)24-13;/h4-7,10,14,18H,8-9H2,1-3H3,(H3-,22,24,25,28,30,31);1H/b12-7-;/t14-,18-;/m1./s1. The van der Waals surface area contributed by atoms with Gasteiger partial charge in [0.25, 0.3) is 11.8 Å². The van der Waals surface area contributed by atoms with Crippen LogP contribution in [0.25, 0.3) is 5.57 Å². The van der Waals surface area contributed by atoms with Crippen molar-refractivity contribution < 1.29 is 61.6 Å².